The molecule has 0 bridgehead atoms. The SMILES string of the molecule is CC(C)c1nn(C2CC3(C2)CN(C2(C)CCOCC2)C3)cc1Nc1ncc(-c2ccc(Cl)c(O[C@@H](C)Cn3cnnn3)c2)cn1. The van der Waals surface area contributed by atoms with Gasteiger partial charge in [-0.05, 0) is 79.0 Å². The summed E-state index contributed by atoms with van der Waals surface area (Å²) in [6.07, 6.45) is 11.8. The maximum absolute atomic E-state index is 6.45. The van der Waals surface area contributed by atoms with Crippen LogP contribution in [0.1, 0.15) is 71.0 Å². The number of aromatic nitrogens is 8. The molecule has 3 aliphatic rings. The molecule has 4 aromatic rings. The van der Waals surface area contributed by atoms with Crippen molar-refractivity contribution >= 4 is 23.2 Å². The van der Waals surface area contributed by atoms with Crippen molar-refractivity contribution in [3.63, 3.8) is 0 Å². The van der Waals surface area contributed by atoms with E-state index in [-0.39, 0.29) is 12.0 Å². The van der Waals surface area contributed by atoms with E-state index in [4.69, 9.17) is 26.2 Å². The van der Waals surface area contributed by atoms with Crippen LogP contribution in [0.5, 0.6) is 5.75 Å². The number of hydrogen-bond donors (Lipinski definition) is 1. The maximum Gasteiger partial charge on any atom is 0.227 e. The summed E-state index contributed by atoms with van der Waals surface area (Å²) in [4.78, 5) is 12.0. The minimum Gasteiger partial charge on any atom is -0.487 e. The third-order valence-corrected chi connectivity index (χ3v) is 10.0. The molecule has 12 nitrogen and oxygen atoms in total. The lowest BCUT2D eigenvalue weighted by Crippen LogP contribution is -2.69. The van der Waals surface area contributed by atoms with Gasteiger partial charge in [-0.1, -0.05) is 31.5 Å². The van der Waals surface area contributed by atoms with Gasteiger partial charge in [-0.25, -0.2) is 14.6 Å². The molecule has 5 heterocycles. The van der Waals surface area contributed by atoms with Crippen molar-refractivity contribution < 1.29 is 9.47 Å². The first-order chi connectivity index (χ1) is 21.7. The quantitative estimate of drug-likeness (QED) is 0.239. The summed E-state index contributed by atoms with van der Waals surface area (Å²) < 4.78 is 15.5. The molecule has 13 heteroatoms. The van der Waals surface area contributed by atoms with Crippen molar-refractivity contribution in [2.45, 2.75) is 83.5 Å². The van der Waals surface area contributed by atoms with Crippen LogP contribution in [0.25, 0.3) is 11.1 Å². The Kier molecular flexibility index (Phi) is 7.99. The van der Waals surface area contributed by atoms with Crippen LogP contribution in [0.15, 0.2) is 43.1 Å². The molecule has 0 radical (unpaired) electrons. The highest BCUT2D eigenvalue weighted by Gasteiger charge is 2.56. The Labute approximate surface area is 268 Å². The summed E-state index contributed by atoms with van der Waals surface area (Å²) in [6.45, 7) is 13.4. The van der Waals surface area contributed by atoms with Crippen LogP contribution >= 0.6 is 11.6 Å². The number of tetrazole rings is 1. The molecule has 0 unspecified atom stereocenters. The van der Waals surface area contributed by atoms with E-state index in [0.717, 1.165) is 48.6 Å². The number of ether oxygens (including phenoxy) is 2. The second-order valence-corrected chi connectivity index (χ2v) is 14.0. The van der Waals surface area contributed by atoms with E-state index in [9.17, 15) is 0 Å². The van der Waals surface area contributed by atoms with E-state index >= 15 is 0 Å². The first kappa shape index (κ1) is 30.1. The predicted molar refractivity (Wildman–Crippen MR) is 171 cm³/mol. The monoisotopic (exact) mass is 632 g/mol. The number of nitrogens with one attached hydrogen (secondary N) is 1. The largest absolute Gasteiger partial charge is 0.487 e. The van der Waals surface area contributed by atoms with Crippen LogP contribution in [0, 0.1) is 5.41 Å². The number of benzene rings is 1. The van der Waals surface area contributed by atoms with Gasteiger partial charge in [0.2, 0.25) is 5.95 Å². The van der Waals surface area contributed by atoms with E-state index < -0.39 is 0 Å². The minimum absolute atomic E-state index is 0.186. The molecular weight excluding hydrogens is 592 g/mol. The van der Waals surface area contributed by atoms with Crippen molar-refractivity contribution in [3.05, 3.63) is 53.8 Å². The highest BCUT2D eigenvalue weighted by molar-refractivity contribution is 6.32. The fourth-order valence-corrected chi connectivity index (χ4v) is 7.15. The Bertz CT molecular complexity index is 1600. The molecule has 3 aromatic heterocycles. The van der Waals surface area contributed by atoms with Crippen LogP contribution in [0.4, 0.5) is 11.6 Å². The molecule has 3 fully saturated rings. The summed E-state index contributed by atoms with van der Waals surface area (Å²) in [5.74, 6) is 1.38. The Morgan fingerprint density at radius 1 is 1.09 bits per heavy atom. The Balaban J connectivity index is 0.987. The minimum atomic E-state index is -0.186. The molecule has 238 valence electrons. The third-order valence-electron chi connectivity index (χ3n) is 9.73. The molecule has 2 saturated heterocycles. The Hall–Kier alpha value is -3.61. The smallest absolute Gasteiger partial charge is 0.227 e. The number of hydrogen-bond acceptors (Lipinski definition) is 10. The van der Waals surface area contributed by atoms with E-state index in [2.05, 4.69) is 67.4 Å². The van der Waals surface area contributed by atoms with E-state index in [1.54, 1.807) is 11.0 Å². The summed E-state index contributed by atoms with van der Waals surface area (Å²) in [6, 6.07) is 6.09. The molecule has 45 heavy (non-hydrogen) atoms. The van der Waals surface area contributed by atoms with Crippen molar-refractivity contribution in [1.82, 2.24) is 44.9 Å². The topological polar surface area (TPSA) is 121 Å². The fourth-order valence-electron chi connectivity index (χ4n) is 6.99. The van der Waals surface area contributed by atoms with Crippen LogP contribution in [0.3, 0.4) is 0 Å². The van der Waals surface area contributed by atoms with Gasteiger partial charge in [-0.3, -0.25) is 9.58 Å². The number of anilines is 2. The molecule has 1 saturated carbocycles. The van der Waals surface area contributed by atoms with Crippen LogP contribution < -0.4 is 10.1 Å². The molecular formula is C32H41ClN10O2. The maximum atomic E-state index is 6.45. The van der Waals surface area contributed by atoms with Gasteiger partial charge >= 0.3 is 0 Å². The highest BCUT2D eigenvalue weighted by Crippen LogP contribution is 2.56. The molecule has 1 N–H and O–H groups in total. The number of rotatable bonds is 10. The van der Waals surface area contributed by atoms with Crippen molar-refractivity contribution in [2.75, 3.05) is 31.6 Å². The average Bonchev–Trinajstić information content (AvgIpc) is 3.64. The zero-order valence-electron chi connectivity index (χ0n) is 26.4. The van der Waals surface area contributed by atoms with Crippen LogP contribution in [0.2, 0.25) is 5.02 Å². The molecule has 7 rings (SSSR count). The van der Waals surface area contributed by atoms with Crippen molar-refractivity contribution in [1.29, 1.82) is 0 Å². The third kappa shape index (κ3) is 6.15. The van der Waals surface area contributed by atoms with Gasteiger partial charge in [-0.15, -0.1) is 5.10 Å². The normalized spacial score (nSPS) is 20.1. The zero-order chi connectivity index (χ0) is 31.2. The molecule has 2 aliphatic heterocycles. The number of likely N-dealkylation sites (tertiary alicyclic amines) is 1. The average molecular weight is 633 g/mol. The second-order valence-electron chi connectivity index (χ2n) is 13.6. The standard InChI is InChI=1S/C32H41ClN10O2/c1-21(2)29-27(17-43(38-29)25-12-32(13-25)18-41(19-32)31(4)7-9-44-10-8-31)37-30-34-14-24(15-35-30)23-5-6-26(33)28(11-23)45-22(3)16-42-20-36-39-40-42/h5-6,11,14-15,17,20-22,25H,7-10,12-13,16,18-19H2,1-4H3,(H,34,35,37)/t22-/m0/s1. The van der Waals surface area contributed by atoms with Gasteiger partial charge < -0.3 is 14.8 Å². The Morgan fingerprint density at radius 2 is 1.84 bits per heavy atom. The molecule has 1 aliphatic carbocycles. The van der Waals surface area contributed by atoms with E-state index in [0.29, 0.717) is 40.3 Å². The molecule has 1 aromatic carbocycles. The lowest BCUT2D eigenvalue weighted by molar-refractivity contribution is -0.156. The number of halogens is 1. The van der Waals surface area contributed by atoms with E-state index in [1.165, 1.54) is 25.9 Å². The highest BCUT2D eigenvalue weighted by atomic mass is 35.5. The van der Waals surface area contributed by atoms with Gasteiger partial charge in [0.05, 0.1) is 29.0 Å². The summed E-state index contributed by atoms with van der Waals surface area (Å²) in [5.41, 5.74) is 4.51. The van der Waals surface area contributed by atoms with Gasteiger partial charge in [0.1, 0.15) is 18.2 Å². The van der Waals surface area contributed by atoms with Crippen LogP contribution in [-0.2, 0) is 11.3 Å². The zero-order valence-corrected chi connectivity index (χ0v) is 27.1. The fraction of sp³-hybridized carbons (Fsp3) is 0.562. The van der Waals surface area contributed by atoms with Crippen molar-refractivity contribution in [3.8, 4) is 16.9 Å². The molecule has 1 atom stereocenters. The van der Waals surface area contributed by atoms with E-state index in [1.807, 2.05) is 37.5 Å². The van der Waals surface area contributed by atoms with Crippen molar-refractivity contribution in [2.24, 2.45) is 5.41 Å². The summed E-state index contributed by atoms with van der Waals surface area (Å²) in [5, 5.41) is 20.2. The summed E-state index contributed by atoms with van der Waals surface area (Å²) >= 11 is 6.45. The Morgan fingerprint density at radius 3 is 2.53 bits per heavy atom. The summed E-state index contributed by atoms with van der Waals surface area (Å²) in [7, 11) is 0. The van der Waals surface area contributed by atoms with Gasteiger partial charge in [0.15, 0.2) is 0 Å². The first-order valence-corrected chi connectivity index (χ1v) is 16.2. The number of nitrogens with zero attached hydrogens (tertiary/aromatic N) is 9. The van der Waals surface area contributed by atoms with Crippen LogP contribution in [-0.4, -0.2) is 82.8 Å². The van der Waals surface area contributed by atoms with Gasteiger partial charge in [0, 0.05) is 56.0 Å². The first-order valence-electron chi connectivity index (χ1n) is 15.9. The van der Waals surface area contributed by atoms with Gasteiger partial charge in [0.25, 0.3) is 0 Å². The second kappa shape index (κ2) is 12.0. The predicted octanol–water partition coefficient (Wildman–Crippen LogP) is 5.52. The lowest BCUT2D eigenvalue weighted by atomic mass is 9.59. The molecule has 0 amide bonds. The lowest BCUT2D eigenvalue weighted by Gasteiger charge is -2.64. The van der Waals surface area contributed by atoms with Gasteiger partial charge in [-0.2, -0.15) is 5.10 Å². The molecule has 1 spiro atoms.